The molecule has 1 aromatic rings. The Balaban J connectivity index is 2.13. The topological polar surface area (TPSA) is 50.1 Å². The van der Waals surface area contributed by atoms with E-state index in [4.69, 9.17) is 17.3 Å². The van der Waals surface area contributed by atoms with Gasteiger partial charge in [0.05, 0.1) is 0 Å². The van der Waals surface area contributed by atoms with Crippen molar-refractivity contribution in [1.82, 2.24) is 10.9 Å². The molecule has 0 saturated carbocycles. The van der Waals surface area contributed by atoms with Crippen LogP contribution in [-0.4, -0.2) is 12.6 Å². The van der Waals surface area contributed by atoms with E-state index in [1.165, 1.54) is 0 Å². The molecule has 0 aromatic heterocycles. The predicted octanol–water partition coefficient (Wildman–Crippen LogP) is 1.21. The first kappa shape index (κ1) is 9.93. The molecule has 2 rings (SSSR count). The van der Waals surface area contributed by atoms with Gasteiger partial charge in [-0.25, -0.2) is 5.43 Å². The highest BCUT2D eigenvalue weighted by molar-refractivity contribution is 6.31. The summed E-state index contributed by atoms with van der Waals surface area (Å²) in [6.07, 6.45) is 0.986. The van der Waals surface area contributed by atoms with Crippen molar-refractivity contribution < 1.29 is 0 Å². The van der Waals surface area contributed by atoms with Crippen LogP contribution in [0.25, 0.3) is 0 Å². The van der Waals surface area contributed by atoms with E-state index in [0.717, 1.165) is 17.0 Å². The van der Waals surface area contributed by atoms with Crippen molar-refractivity contribution in [1.29, 1.82) is 0 Å². The van der Waals surface area contributed by atoms with Crippen LogP contribution in [0.15, 0.2) is 24.3 Å². The molecular formula is C10H14ClN3. The van der Waals surface area contributed by atoms with Gasteiger partial charge in [0, 0.05) is 23.7 Å². The van der Waals surface area contributed by atoms with Crippen LogP contribution < -0.4 is 16.6 Å². The normalized spacial score (nSPS) is 26.7. The Morgan fingerprint density at radius 2 is 2.14 bits per heavy atom. The number of nitrogens with two attached hydrogens (primary N) is 1. The van der Waals surface area contributed by atoms with Crippen LogP contribution in [0.3, 0.4) is 0 Å². The quantitative estimate of drug-likeness (QED) is 0.689. The predicted molar refractivity (Wildman–Crippen MR) is 57.9 cm³/mol. The number of hydrazine groups is 1. The zero-order valence-corrected chi connectivity index (χ0v) is 8.59. The van der Waals surface area contributed by atoms with E-state index >= 15 is 0 Å². The van der Waals surface area contributed by atoms with Gasteiger partial charge in [0.1, 0.15) is 0 Å². The summed E-state index contributed by atoms with van der Waals surface area (Å²) in [5, 5.41) is 0.810. The molecule has 76 valence electrons. The number of nitrogens with one attached hydrogen (secondary N) is 2. The van der Waals surface area contributed by atoms with E-state index in [1.54, 1.807) is 0 Å². The summed E-state index contributed by atoms with van der Waals surface area (Å²) in [5.41, 5.74) is 13.1. The van der Waals surface area contributed by atoms with Crippen LogP contribution in [0.4, 0.5) is 0 Å². The molecule has 1 aromatic carbocycles. The lowest BCUT2D eigenvalue weighted by molar-refractivity contribution is 0.546. The van der Waals surface area contributed by atoms with Gasteiger partial charge in [0.25, 0.3) is 0 Å². The summed E-state index contributed by atoms with van der Waals surface area (Å²) >= 11 is 6.10. The Bertz CT molecular complexity index is 316. The van der Waals surface area contributed by atoms with Gasteiger partial charge in [0.2, 0.25) is 0 Å². The van der Waals surface area contributed by atoms with Crippen molar-refractivity contribution in [2.75, 3.05) is 6.54 Å². The van der Waals surface area contributed by atoms with Crippen LogP contribution in [0.1, 0.15) is 18.0 Å². The molecule has 1 aliphatic heterocycles. The SMILES string of the molecule is NCC1CC(c2ccccc2Cl)NN1. The third kappa shape index (κ3) is 1.91. The maximum atomic E-state index is 6.10. The second-order valence-corrected chi connectivity index (χ2v) is 3.94. The van der Waals surface area contributed by atoms with E-state index in [0.29, 0.717) is 12.6 Å². The first-order chi connectivity index (χ1) is 6.81. The molecule has 0 aliphatic carbocycles. The smallest absolute Gasteiger partial charge is 0.0493 e. The number of halogens is 1. The number of rotatable bonds is 2. The molecule has 1 heterocycles. The van der Waals surface area contributed by atoms with E-state index in [2.05, 4.69) is 10.9 Å². The Hall–Kier alpha value is -0.610. The van der Waals surface area contributed by atoms with Crippen molar-refractivity contribution in [3.8, 4) is 0 Å². The highest BCUT2D eigenvalue weighted by atomic mass is 35.5. The average molecular weight is 212 g/mol. The molecule has 3 nitrogen and oxygen atoms in total. The highest BCUT2D eigenvalue weighted by Crippen LogP contribution is 2.27. The van der Waals surface area contributed by atoms with Gasteiger partial charge in [-0.2, -0.15) is 0 Å². The number of benzene rings is 1. The van der Waals surface area contributed by atoms with E-state index in [-0.39, 0.29) is 6.04 Å². The van der Waals surface area contributed by atoms with Gasteiger partial charge >= 0.3 is 0 Å². The highest BCUT2D eigenvalue weighted by Gasteiger charge is 2.24. The molecule has 4 heteroatoms. The van der Waals surface area contributed by atoms with Crippen LogP contribution >= 0.6 is 11.6 Å². The Morgan fingerprint density at radius 3 is 2.79 bits per heavy atom. The zero-order valence-electron chi connectivity index (χ0n) is 7.83. The summed E-state index contributed by atoms with van der Waals surface area (Å²) in [6.45, 7) is 0.647. The second kappa shape index (κ2) is 4.28. The van der Waals surface area contributed by atoms with Gasteiger partial charge in [-0.3, -0.25) is 5.43 Å². The standard InChI is InChI=1S/C10H14ClN3/c11-9-4-2-1-3-8(9)10-5-7(6-12)13-14-10/h1-4,7,10,13-14H,5-6,12H2. The van der Waals surface area contributed by atoms with Crippen LogP contribution in [0.2, 0.25) is 5.02 Å². The zero-order chi connectivity index (χ0) is 9.97. The molecule has 0 amide bonds. The van der Waals surface area contributed by atoms with Gasteiger partial charge < -0.3 is 5.73 Å². The number of hydrogen-bond donors (Lipinski definition) is 3. The summed E-state index contributed by atoms with van der Waals surface area (Å²) in [7, 11) is 0. The first-order valence-electron chi connectivity index (χ1n) is 4.77. The molecule has 2 atom stereocenters. The minimum absolute atomic E-state index is 0.275. The Kier molecular flexibility index (Phi) is 3.03. The van der Waals surface area contributed by atoms with Crippen molar-refractivity contribution in [2.24, 2.45) is 5.73 Å². The average Bonchev–Trinajstić information content (AvgIpc) is 2.67. The molecule has 0 bridgehead atoms. The van der Waals surface area contributed by atoms with E-state index in [9.17, 15) is 0 Å². The fourth-order valence-electron chi connectivity index (χ4n) is 1.74. The van der Waals surface area contributed by atoms with Gasteiger partial charge in [-0.15, -0.1) is 0 Å². The van der Waals surface area contributed by atoms with Gasteiger partial charge in [0.15, 0.2) is 0 Å². The van der Waals surface area contributed by atoms with Crippen molar-refractivity contribution in [2.45, 2.75) is 18.5 Å². The minimum atomic E-state index is 0.275. The fraction of sp³-hybridized carbons (Fsp3) is 0.400. The van der Waals surface area contributed by atoms with E-state index in [1.807, 2.05) is 24.3 Å². The fourth-order valence-corrected chi connectivity index (χ4v) is 2.01. The van der Waals surface area contributed by atoms with Crippen molar-refractivity contribution in [3.05, 3.63) is 34.9 Å². The monoisotopic (exact) mass is 211 g/mol. The van der Waals surface area contributed by atoms with Crippen molar-refractivity contribution in [3.63, 3.8) is 0 Å². The Labute approximate surface area is 88.6 Å². The van der Waals surface area contributed by atoms with Crippen LogP contribution in [0, 0.1) is 0 Å². The molecule has 1 saturated heterocycles. The van der Waals surface area contributed by atoms with E-state index < -0.39 is 0 Å². The number of hydrogen-bond acceptors (Lipinski definition) is 3. The lowest BCUT2D eigenvalue weighted by atomic mass is 10.0. The molecule has 1 fully saturated rings. The molecule has 1 aliphatic rings. The largest absolute Gasteiger partial charge is 0.329 e. The lowest BCUT2D eigenvalue weighted by Crippen LogP contribution is -2.35. The maximum Gasteiger partial charge on any atom is 0.0493 e. The van der Waals surface area contributed by atoms with Gasteiger partial charge in [-0.05, 0) is 18.1 Å². The Morgan fingerprint density at radius 1 is 1.36 bits per heavy atom. The van der Waals surface area contributed by atoms with Crippen LogP contribution in [0.5, 0.6) is 0 Å². The van der Waals surface area contributed by atoms with Crippen LogP contribution in [-0.2, 0) is 0 Å². The third-order valence-corrected chi connectivity index (χ3v) is 2.89. The molecule has 4 N–H and O–H groups in total. The summed E-state index contributed by atoms with van der Waals surface area (Å²) in [5.74, 6) is 0. The first-order valence-corrected chi connectivity index (χ1v) is 5.14. The molecule has 0 radical (unpaired) electrons. The maximum absolute atomic E-state index is 6.10. The minimum Gasteiger partial charge on any atom is -0.329 e. The summed E-state index contributed by atoms with van der Waals surface area (Å²) < 4.78 is 0. The summed E-state index contributed by atoms with van der Waals surface area (Å²) in [4.78, 5) is 0. The third-order valence-electron chi connectivity index (χ3n) is 2.55. The lowest BCUT2D eigenvalue weighted by Gasteiger charge is -2.11. The van der Waals surface area contributed by atoms with Gasteiger partial charge in [-0.1, -0.05) is 29.8 Å². The second-order valence-electron chi connectivity index (χ2n) is 3.53. The summed E-state index contributed by atoms with van der Waals surface area (Å²) in [6, 6.07) is 8.51. The molecule has 14 heavy (non-hydrogen) atoms. The molecule has 2 unspecified atom stereocenters. The van der Waals surface area contributed by atoms with Crippen molar-refractivity contribution >= 4 is 11.6 Å². The molecular weight excluding hydrogens is 198 g/mol. The molecule has 0 spiro atoms.